The first-order valence-electron chi connectivity index (χ1n) is 12.7. The van der Waals surface area contributed by atoms with Crippen LogP contribution in [0.25, 0.3) is 11.2 Å². The molecule has 0 aliphatic carbocycles. The molecule has 24 heteroatoms. The van der Waals surface area contributed by atoms with Crippen LogP contribution in [0.2, 0.25) is 0 Å². The maximum absolute atomic E-state index is 12.4. The molecule has 22 nitrogen and oxygen atoms in total. The Morgan fingerprint density at radius 2 is 1.53 bits per heavy atom. The number of fused-ring (bicyclic) bond motifs is 1. The van der Waals surface area contributed by atoms with E-state index in [-0.39, 0.29) is 34.5 Å². The molecular weight excluding hydrogens is 652 g/mol. The van der Waals surface area contributed by atoms with Gasteiger partial charge in [-0.3, -0.25) is 18.4 Å². The van der Waals surface area contributed by atoms with Gasteiger partial charge in [-0.2, -0.15) is 4.31 Å². The second kappa shape index (κ2) is 13.4. The molecule has 45 heavy (non-hydrogen) atoms. The second-order valence-electron chi connectivity index (χ2n) is 9.84. The lowest BCUT2D eigenvalue weighted by atomic mass is 10.1. The van der Waals surface area contributed by atoms with Crippen molar-refractivity contribution in [1.82, 2.24) is 24.4 Å². The van der Waals surface area contributed by atoms with E-state index in [1.54, 1.807) is 6.08 Å². The summed E-state index contributed by atoms with van der Waals surface area (Å²) in [4.78, 5) is 44.6. The number of amides is 1. The molecule has 0 spiro atoms. The van der Waals surface area contributed by atoms with Gasteiger partial charge in [0.25, 0.3) is 0 Å². The minimum absolute atomic E-state index is 0. The van der Waals surface area contributed by atoms with Gasteiger partial charge >= 0.3 is 15.6 Å². The molecule has 2 fully saturated rings. The number of aliphatic hydroxyl groups is 4. The Balaban J connectivity index is 0.00000461. The van der Waals surface area contributed by atoms with Crippen LogP contribution >= 0.6 is 15.6 Å². The number of rotatable bonds is 11. The quantitative estimate of drug-likeness (QED) is 0.106. The Kier molecular flexibility index (Phi) is 10.4. The number of nitrogen functional groups attached to an aromatic ring is 1. The lowest BCUT2D eigenvalue weighted by Crippen LogP contribution is -2.40. The number of phosphoric acid groups is 2. The van der Waals surface area contributed by atoms with Crippen molar-refractivity contribution in [2.24, 2.45) is 5.73 Å². The number of primary amides is 1. The summed E-state index contributed by atoms with van der Waals surface area (Å²) in [6, 6.07) is 0. The Hall–Kier alpha value is -2.92. The number of carbonyl (C=O) groups excluding carboxylic acids is 1. The number of hydrogen-bond acceptors (Lipinski definition) is 17. The highest BCUT2D eigenvalue weighted by Gasteiger charge is 2.48. The molecule has 5 rings (SSSR count). The second-order valence-corrected chi connectivity index (χ2v) is 12.9. The zero-order valence-corrected chi connectivity index (χ0v) is 24.7. The fourth-order valence-electron chi connectivity index (χ4n) is 4.68. The lowest BCUT2D eigenvalue weighted by Gasteiger charge is -2.28. The number of nitrogens with zero attached hydrogens (tertiary/aromatic N) is 5. The van der Waals surface area contributed by atoms with Crippen molar-refractivity contribution in [1.29, 1.82) is 0 Å². The van der Waals surface area contributed by atoms with Gasteiger partial charge in [-0.25, -0.2) is 24.1 Å². The van der Waals surface area contributed by atoms with Crippen molar-refractivity contribution in [3.8, 4) is 0 Å². The van der Waals surface area contributed by atoms with Gasteiger partial charge < -0.3 is 61.5 Å². The van der Waals surface area contributed by atoms with Gasteiger partial charge in [0, 0.05) is 18.0 Å². The summed E-state index contributed by atoms with van der Waals surface area (Å²) < 4.78 is 50.8. The Morgan fingerprint density at radius 3 is 2.13 bits per heavy atom. The first-order valence-corrected chi connectivity index (χ1v) is 15.7. The molecule has 3 aliphatic heterocycles. The Morgan fingerprint density at radius 1 is 0.956 bits per heavy atom. The van der Waals surface area contributed by atoms with Crippen LogP contribution in [-0.2, 0) is 36.8 Å². The highest BCUT2D eigenvalue weighted by molar-refractivity contribution is 7.61. The lowest BCUT2D eigenvalue weighted by molar-refractivity contribution is -0.115. The first-order chi connectivity index (χ1) is 20.7. The average molecular weight is 683 g/mol. The van der Waals surface area contributed by atoms with E-state index in [2.05, 4.69) is 19.3 Å². The summed E-state index contributed by atoms with van der Waals surface area (Å²) in [6.07, 6.45) is -4.88. The van der Waals surface area contributed by atoms with Gasteiger partial charge in [-0.15, -0.1) is 0 Å². The van der Waals surface area contributed by atoms with Gasteiger partial charge in [-0.05, 0) is 6.42 Å². The third kappa shape index (κ3) is 7.40. The SMILES string of the molecule is NC(=O)C1=CN([C@@H]2O[C@H](COP(=O)(O)OP(=O)(O)OC[C@H]3O[C@@H](n4cnc5c(N)ncnc54)[C@H](O)[C@@H]3O)[C@@H](O)[C@H]2O)C=CC1.O. The minimum atomic E-state index is -5.37. The first kappa shape index (κ1) is 34.9. The fourth-order valence-corrected chi connectivity index (χ4v) is 6.77. The molecule has 0 saturated carbocycles. The van der Waals surface area contributed by atoms with Crippen molar-refractivity contribution in [2.45, 2.75) is 55.5 Å². The van der Waals surface area contributed by atoms with Crippen LogP contribution in [0.15, 0.2) is 36.7 Å². The number of aromatic nitrogens is 4. The summed E-state index contributed by atoms with van der Waals surface area (Å²) in [6.45, 7) is -1.79. The van der Waals surface area contributed by atoms with Crippen LogP contribution in [0.1, 0.15) is 12.6 Å². The number of hydrogen-bond donors (Lipinski definition) is 8. The van der Waals surface area contributed by atoms with Crippen molar-refractivity contribution in [3.05, 3.63) is 36.7 Å². The van der Waals surface area contributed by atoms with E-state index in [1.165, 1.54) is 28.2 Å². The molecule has 2 unspecified atom stereocenters. The number of nitrogens with two attached hydrogens (primary N) is 2. The van der Waals surface area contributed by atoms with Crippen molar-refractivity contribution in [2.75, 3.05) is 18.9 Å². The van der Waals surface area contributed by atoms with Crippen LogP contribution in [-0.4, -0.2) is 122 Å². The molecule has 12 N–H and O–H groups in total. The predicted molar refractivity (Wildman–Crippen MR) is 145 cm³/mol. The average Bonchev–Trinajstić information content (AvgIpc) is 3.61. The van der Waals surface area contributed by atoms with Gasteiger partial charge in [0.15, 0.2) is 23.9 Å². The van der Waals surface area contributed by atoms with Crippen LogP contribution in [0.5, 0.6) is 0 Å². The van der Waals surface area contributed by atoms with E-state index in [4.69, 9.17) is 30.0 Å². The number of anilines is 1. The highest BCUT2D eigenvalue weighted by atomic mass is 31.3. The summed E-state index contributed by atoms with van der Waals surface area (Å²) >= 11 is 0. The van der Waals surface area contributed by atoms with Crippen LogP contribution in [0, 0.1) is 0 Å². The molecule has 2 saturated heterocycles. The minimum Gasteiger partial charge on any atom is -0.412 e. The summed E-state index contributed by atoms with van der Waals surface area (Å²) in [5, 5.41) is 41.6. The number of ether oxygens (including phenoxy) is 2. The third-order valence-corrected chi connectivity index (χ3v) is 9.48. The van der Waals surface area contributed by atoms with E-state index < -0.39 is 83.8 Å². The highest BCUT2D eigenvalue weighted by Crippen LogP contribution is 2.60. The van der Waals surface area contributed by atoms with Gasteiger partial charge in [0.05, 0.1) is 19.5 Å². The van der Waals surface area contributed by atoms with Crippen molar-refractivity contribution >= 4 is 38.5 Å². The maximum atomic E-state index is 12.4. The molecule has 0 aromatic carbocycles. The molecule has 3 aliphatic rings. The molecular formula is C21H31N7O15P2. The van der Waals surface area contributed by atoms with E-state index in [0.29, 0.717) is 0 Å². The van der Waals surface area contributed by atoms with E-state index in [1.807, 2.05) is 0 Å². The van der Waals surface area contributed by atoms with E-state index >= 15 is 0 Å². The van der Waals surface area contributed by atoms with Crippen LogP contribution < -0.4 is 11.5 Å². The molecule has 10 atom stereocenters. The largest absolute Gasteiger partial charge is 0.481 e. The summed E-state index contributed by atoms with van der Waals surface area (Å²) in [5.74, 6) is -0.658. The molecule has 250 valence electrons. The normalized spacial score (nSPS) is 32.6. The molecule has 1 amide bonds. The molecule has 0 bridgehead atoms. The molecule has 2 aromatic heterocycles. The van der Waals surface area contributed by atoms with Gasteiger partial charge in [-0.1, -0.05) is 6.08 Å². The molecule has 0 radical (unpaired) electrons. The standard InChI is InChI=1S/C21H29N7O14P2.H2O/c22-17-12-19(25-7-24-17)28(8-26-12)21-16(32)14(30)11(41-21)6-39-44(36,37)42-43(34,35)38-5-10-13(29)15(31)20(40-10)27-3-1-2-9(4-27)18(23)33;/h1,3-4,7-8,10-11,13-16,20-21,29-32H,2,5-6H2,(H2,23,33)(H,34,35)(H,36,37)(H2,22,24,25);1H2/t10-,11-,13-,14-,15-,16-,20-,21-;/m1./s1. The number of imidazole rings is 1. The predicted octanol–water partition coefficient (Wildman–Crippen LogP) is -3.51. The summed E-state index contributed by atoms with van der Waals surface area (Å²) in [5.41, 5.74) is 11.6. The summed E-state index contributed by atoms with van der Waals surface area (Å²) in [7, 11) is -10.7. The zero-order valence-electron chi connectivity index (χ0n) is 22.9. The van der Waals surface area contributed by atoms with E-state index in [9.17, 15) is 44.1 Å². The topological polar surface area (TPSA) is 349 Å². The maximum Gasteiger partial charge on any atom is 0.481 e. The fraction of sp³-hybridized carbons (Fsp3) is 0.524. The van der Waals surface area contributed by atoms with Crippen LogP contribution in [0.4, 0.5) is 5.82 Å². The molecule has 2 aromatic rings. The van der Waals surface area contributed by atoms with Crippen molar-refractivity contribution < 1.29 is 72.4 Å². The van der Waals surface area contributed by atoms with Gasteiger partial charge in [0.1, 0.15) is 48.5 Å². The number of allylic oxidation sites excluding steroid dienone is 1. The van der Waals surface area contributed by atoms with Gasteiger partial charge in [0.2, 0.25) is 5.91 Å². The monoisotopic (exact) mass is 683 g/mol. The molecule has 5 heterocycles. The number of carbonyl (C=O) groups is 1. The third-order valence-electron chi connectivity index (χ3n) is 6.88. The Labute approximate surface area is 252 Å². The number of aliphatic hydroxyl groups excluding tert-OH is 4. The zero-order chi connectivity index (χ0) is 32.0. The van der Waals surface area contributed by atoms with Crippen LogP contribution in [0.3, 0.4) is 0 Å². The van der Waals surface area contributed by atoms with Crippen molar-refractivity contribution in [3.63, 3.8) is 0 Å². The Bertz CT molecular complexity index is 1560. The number of phosphoric ester groups is 2. The smallest absolute Gasteiger partial charge is 0.412 e. The van der Waals surface area contributed by atoms with E-state index in [0.717, 1.165) is 6.33 Å².